The lowest BCUT2D eigenvalue weighted by molar-refractivity contribution is 0.471. The van der Waals surface area contributed by atoms with Gasteiger partial charge in [0.2, 0.25) is 0 Å². The first kappa shape index (κ1) is 13.6. The van der Waals surface area contributed by atoms with E-state index in [9.17, 15) is 5.11 Å². The summed E-state index contributed by atoms with van der Waals surface area (Å²) >= 11 is 0. The molecule has 1 aliphatic rings. The van der Waals surface area contributed by atoms with E-state index in [1.165, 1.54) is 0 Å². The Morgan fingerprint density at radius 1 is 1.09 bits per heavy atom. The van der Waals surface area contributed by atoms with Gasteiger partial charge in [-0.15, -0.1) is 0 Å². The molecule has 1 aliphatic heterocycles. The van der Waals surface area contributed by atoms with Gasteiger partial charge in [-0.2, -0.15) is 0 Å². The van der Waals surface area contributed by atoms with Crippen LogP contribution in [0.3, 0.4) is 0 Å². The molecule has 0 aliphatic carbocycles. The third kappa shape index (κ3) is 2.38. The maximum absolute atomic E-state index is 10.2. The molecule has 0 spiro atoms. The molecule has 114 valence electrons. The second kappa shape index (κ2) is 5.02. The molecule has 0 amide bonds. The number of para-hydroxylation sites is 1. The summed E-state index contributed by atoms with van der Waals surface area (Å²) in [6.45, 7) is 4.06. The van der Waals surface area contributed by atoms with Crippen LogP contribution in [0.5, 0.6) is 5.75 Å². The van der Waals surface area contributed by atoms with Crippen molar-refractivity contribution in [2.24, 2.45) is 4.99 Å². The summed E-state index contributed by atoms with van der Waals surface area (Å²) in [7, 11) is 0. The molecule has 0 atom stereocenters. The Kier molecular flexibility index (Phi) is 2.98. The van der Waals surface area contributed by atoms with Gasteiger partial charge in [0.15, 0.2) is 0 Å². The number of aromatic amines is 2. The molecule has 0 radical (unpaired) electrons. The summed E-state index contributed by atoms with van der Waals surface area (Å²) in [6, 6.07) is 11.8. The lowest BCUT2D eigenvalue weighted by Gasteiger charge is -1.90. The molecular weight excluding hydrogens is 286 g/mol. The van der Waals surface area contributed by atoms with E-state index in [0.717, 1.165) is 38.6 Å². The smallest absolute Gasteiger partial charge is 0.141 e. The number of aromatic hydroxyl groups is 1. The molecule has 1 aromatic carbocycles. The number of rotatable bonds is 1. The lowest BCUT2D eigenvalue weighted by Crippen LogP contribution is -2.19. The Hall–Kier alpha value is -3.01. The van der Waals surface area contributed by atoms with Gasteiger partial charge in [-0.1, -0.05) is 18.2 Å². The number of H-pyrrole nitrogens is 2. The maximum atomic E-state index is 10.2. The average molecular weight is 303 g/mol. The topological polar surface area (TPSA) is 64.2 Å². The minimum absolute atomic E-state index is 0.221. The second-order valence-corrected chi connectivity index (χ2v) is 5.88. The standard InChI is InChI=1S/C19H17N3O/c1-11-7-12(2)20-15(11)9-18-19(23)10-17(22-18)16-8-13-5-3-4-6-14(13)21-16/h3-10,20,22-23H,1-2H3/b17-16-,18-9-. The van der Waals surface area contributed by atoms with Gasteiger partial charge in [-0.05, 0) is 43.7 Å². The van der Waals surface area contributed by atoms with Crippen molar-refractivity contribution in [3.8, 4) is 5.75 Å². The first-order valence-electron chi connectivity index (χ1n) is 7.56. The van der Waals surface area contributed by atoms with Crippen LogP contribution in [-0.2, 0) is 0 Å². The van der Waals surface area contributed by atoms with Crippen LogP contribution in [0, 0.1) is 13.8 Å². The zero-order valence-corrected chi connectivity index (χ0v) is 13.0. The number of aromatic nitrogens is 2. The summed E-state index contributed by atoms with van der Waals surface area (Å²) in [5.41, 5.74) is 4.08. The molecule has 0 fully saturated rings. The Balaban J connectivity index is 1.91. The molecule has 0 unspecified atom stereocenters. The number of benzene rings is 1. The third-order valence-electron chi connectivity index (χ3n) is 4.05. The van der Waals surface area contributed by atoms with E-state index in [4.69, 9.17) is 0 Å². The average Bonchev–Trinajstić information content (AvgIpc) is 3.18. The molecular formula is C19H17N3O. The molecule has 4 heteroatoms. The zero-order valence-electron chi connectivity index (χ0n) is 13.0. The maximum Gasteiger partial charge on any atom is 0.141 e. The number of hydrogen-bond donors (Lipinski definition) is 3. The molecule has 0 bridgehead atoms. The van der Waals surface area contributed by atoms with Crippen LogP contribution in [0.2, 0.25) is 0 Å². The van der Waals surface area contributed by atoms with Crippen LogP contribution in [0.1, 0.15) is 17.0 Å². The van der Waals surface area contributed by atoms with Crippen molar-refractivity contribution in [3.63, 3.8) is 0 Å². The molecule has 0 saturated heterocycles. The Morgan fingerprint density at radius 3 is 2.65 bits per heavy atom. The fourth-order valence-corrected chi connectivity index (χ4v) is 2.91. The van der Waals surface area contributed by atoms with Crippen molar-refractivity contribution in [2.75, 3.05) is 0 Å². The second-order valence-electron chi connectivity index (χ2n) is 5.88. The van der Waals surface area contributed by atoms with Crippen molar-refractivity contribution in [1.29, 1.82) is 0 Å². The van der Waals surface area contributed by atoms with Gasteiger partial charge in [-0.25, -0.2) is 4.99 Å². The van der Waals surface area contributed by atoms with Crippen LogP contribution >= 0.6 is 0 Å². The van der Waals surface area contributed by atoms with Gasteiger partial charge in [0.25, 0.3) is 0 Å². The van der Waals surface area contributed by atoms with Gasteiger partial charge in [0.1, 0.15) is 5.75 Å². The van der Waals surface area contributed by atoms with Crippen molar-refractivity contribution in [3.05, 3.63) is 74.6 Å². The Bertz CT molecular complexity index is 1110. The summed E-state index contributed by atoms with van der Waals surface area (Å²) in [5.74, 6) is 0.221. The summed E-state index contributed by atoms with van der Waals surface area (Å²) in [6.07, 6.45) is 3.94. The van der Waals surface area contributed by atoms with Crippen LogP contribution in [0.25, 0.3) is 17.8 Å². The number of hydrogen-bond acceptors (Lipinski definition) is 2. The highest BCUT2D eigenvalue weighted by atomic mass is 16.3. The van der Waals surface area contributed by atoms with Crippen molar-refractivity contribution in [1.82, 2.24) is 9.97 Å². The van der Waals surface area contributed by atoms with E-state index < -0.39 is 0 Å². The van der Waals surface area contributed by atoms with E-state index in [1.807, 2.05) is 50.3 Å². The SMILES string of the molecule is Cc1cc(C)c(/C=c2\[nH]/c(=C3/C=c4ccccc4=N3)cc2O)[nH]1. The van der Waals surface area contributed by atoms with Gasteiger partial charge in [0, 0.05) is 22.7 Å². The van der Waals surface area contributed by atoms with Gasteiger partial charge < -0.3 is 15.1 Å². The van der Waals surface area contributed by atoms with Crippen molar-refractivity contribution < 1.29 is 5.11 Å². The van der Waals surface area contributed by atoms with Gasteiger partial charge in [0.05, 0.1) is 21.8 Å². The van der Waals surface area contributed by atoms with Crippen LogP contribution in [0.15, 0.2) is 41.4 Å². The van der Waals surface area contributed by atoms with Crippen LogP contribution in [-0.4, -0.2) is 15.1 Å². The highest BCUT2D eigenvalue weighted by Crippen LogP contribution is 2.10. The molecule has 23 heavy (non-hydrogen) atoms. The Labute approximate surface area is 132 Å². The molecule has 2 aromatic heterocycles. The fraction of sp³-hybridized carbons (Fsp3) is 0.105. The van der Waals surface area contributed by atoms with Crippen LogP contribution < -0.4 is 21.3 Å². The normalized spacial score (nSPS) is 16.2. The van der Waals surface area contributed by atoms with Gasteiger partial charge in [-0.3, -0.25) is 0 Å². The highest BCUT2D eigenvalue weighted by molar-refractivity contribution is 5.76. The molecule has 4 rings (SSSR count). The van der Waals surface area contributed by atoms with Crippen molar-refractivity contribution in [2.45, 2.75) is 13.8 Å². The zero-order chi connectivity index (χ0) is 16.0. The molecule has 3 aromatic rings. The number of nitrogens with zero attached hydrogens (tertiary/aromatic N) is 1. The first-order valence-corrected chi connectivity index (χ1v) is 7.56. The molecule has 3 heterocycles. The lowest BCUT2D eigenvalue weighted by atomic mass is 10.2. The van der Waals surface area contributed by atoms with Gasteiger partial charge >= 0.3 is 0 Å². The largest absolute Gasteiger partial charge is 0.506 e. The van der Waals surface area contributed by atoms with E-state index in [-0.39, 0.29) is 5.75 Å². The minimum Gasteiger partial charge on any atom is -0.506 e. The van der Waals surface area contributed by atoms with Crippen LogP contribution in [0.4, 0.5) is 0 Å². The third-order valence-corrected chi connectivity index (χ3v) is 4.05. The molecule has 0 saturated carbocycles. The summed E-state index contributed by atoms with van der Waals surface area (Å²) in [4.78, 5) is 11.1. The minimum atomic E-state index is 0.221. The van der Waals surface area contributed by atoms with E-state index in [0.29, 0.717) is 5.35 Å². The molecule has 3 N–H and O–H groups in total. The quantitative estimate of drug-likeness (QED) is 0.609. The fourth-order valence-electron chi connectivity index (χ4n) is 2.91. The predicted molar refractivity (Wildman–Crippen MR) is 90.6 cm³/mol. The Morgan fingerprint density at radius 2 is 1.91 bits per heavy atom. The summed E-state index contributed by atoms with van der Waals surface area (Å²) < 4.78 is 0. The van der Waals surface area contributed by atoms with Crippen molar-refractivity contribution >= 4 is 17.8 Å². The number of aryl methyl sites for hydroxylation is 2. The molecule has 4 nitrogen and oxygen atoms in total. The summed E-state index contributed by atoms with van der Waals surface area (Å²) in [5, 5.41) is 13.8. The monoisotopic (exact) mass is 303 g/mol. The highest BCUT2D eigenvalue weighted by Gasteiger charge is 2.05. The predicted octanol–water partition coefficient (Wildman–Crippen LogP) is 0.716. The van der Waals surface area contributed by atoms with E-state index in [1.54, 1.807) is 6.07 Å². The number of fused-ring (bicyclic) bond motifs is 1. The van der Waals surface area contributed by atoms with E-state index >= 15 is 0 Å². The first-order chi connectivity index (χ1) is 11.1. The van der Waals surface area contributed by atoms with E-state index in [2.05, 4.69) is 21.0 Å². The number of nitrogens with one attached hydrogen (secondary N) is 2.